The molecule has 2 nitrogen and oxygen atoms in total. The fourth-order valence-corrected chi connectivity index (χ4v) is 0.920. The molecule has 0 aromatic carbocycles. The van der Waals surface area contributed by atoms with E-state index in [1.54, 1.807) is 12.3 Å². The van der Waals surface area contributed by atoms with E-state index in [1.165, 1.54) is 0 Å². The van der Waals surface area contributed by atoms with Crippen molar-refractivity contribution in [3.05, 3.63) is 24.2 Å². The van der Waals surface area contributed by atoms with Crippen LogP contribution in [0.25, 0.3) is 0 Å². The molecule has 1 heterocycles. The van der Waals surface area contributed by atoms with E-state index in [1.807, 2.05) is 6.07 Å². The first kappa shape index (κ1) is 8.61. The number of hydrogen-bond acceptors (Lipinski definition) is 2. The Labute approximate surface area is 71.6 Å². The molecule has 0 radical (unpaired) electrons. The quantitative estimate of drug-likeness (QED) is 0.632. The Morgan fingerprint density at radius 2 is 2.50 bits per heavy atom. The van der Waals surface area contributed by atoms with Crippen LogP contribution in [0.15, 0.2) is 22.8 Å². The van der Waals surface area contributed by atoms with E-state index >= 15 is 0 Å². The van der Waals surface area contributed by atoms with Crippen LogP contribution >= 0.6 is 0 Å². The molecule has 0 bridgehead atoms. The van der Waals surface area contributed by atoms with Crippen molar-refractivity contribution in [2.24, 2.45) is 0 Å². The summed E-state index contributed by atoms with van der Waals surface area (Å²) in [6.45, 7) is 0. The first-order valence-corrected chi connectivity index (χ1v) is 3.80. The van der Waals surface area contributed by atoms with Crippen LogP contribution in [0.3, 0.4) is 0 Å². The molecule has 0 aliphatic rings. The summed E-state index contributed by atoms with van der Waals surface area (Å²) >= 11 is 0. The van der Waals surface area contributed by atoms with E-state index in [-0.39, 0.29) is 12.2 Å². The minimum Gasteiger partial charge on any atom is -0.469 e. The standard InChI is InChI=1S/C10H10O2/c1-2-4-9(11)6-7-10-5-3-8-12-10/h1,3,5,8H,4,6-7H2. The Bertz CT molecular complexity index is 277. The minimum absolute atomic E-state index is 0.0916. The van der Waals surface area contributed by atoms with Crippen LogP contribution in [0.1, 0.15) is 18.6 Å². The molecule has 0 aliphatic heterocycles. The van der Waals surface area contributed by atoms with Gasteiger partial charge >= 0.3 is 0 Å². The molecule has 0 saturated heterocycles. The van der Waals surface area contributed by atoms with Crippen molar-refractivity contribution in [3.63, 3.8) is 0 Å². The number of carbonyl (C=O) groups excluding carboxylic acids is 1. The third-order valence-electron chi connectivity index (χ3n) is 1.53. The maximum atomic E-state index is 11.0. The predicted octanol–water partition coefficient (Wildman–Crippen LogP) is 1.80. The molecular weight excluding hydrogens is 152 g/mol. The van der Waals surface area contributed by atoms with Crippen molar-refractivity contribution in [2.75, 3.05) is 0 Å². The van der Waals surface area contributed by atoms with Crippen LogP contribution in [0, 0.1) is 12.3 Å². The van der Waals surface area contributed by atoms with Gasteiger partial charge in [0.15, 0.2) is 0 Å². The molecule has 1 aromatic heterocycles. The maximum absolute atomic E-state index is 11.0. The monoisotopic (exact) mass is 162 g/mol. The predicted molar refractivity (Wildman–Crippen MR) is 45.5 cm³/mol. The van der Waals surface area contributed by atoms with Crippen molar-refractivity contribution in [3.8, 4) is 12.3 Å². The van der Waals surface area contributed by atoms with Gasteiger partial charge in [-0.2, -0.15) is 0 Å². The van der Waals surface area contributed by atoms with E-state index in [0.29, 0.717) is 12.8 Å². The van der Waals surface area contributed by atoms with Crippen molar-refractivity contribution in [2.45, 2.75) is 19.3 Å². The highest BCUT2D eigenvalue weighted by Crippen LogP contribution is 2.04. The van der Waals surface area contributed by atoms with Gasteiger partial charge in [-0.05, 0) is 12.1 Å². The second-order valence-electron chi connectivity index (χ2n) is 2.50. The van der Waals surface area contributed by atoms with Crippen LogP contribution in [0.4, 0.5) is 0 Å². The smallest absolute Gasteiger partial charge is 0.145 e. The van der Waals surface area contributed by atoms with Gasteiger partial charge in [-0.1, -0.05) is 5.92 Å². The topological polar surface area (TPSA) is 30.2 Å². The normalized spacial score (nSPS) is 9.25. The number of rotatable bonds is 4. The van der Waals surface area contributed by atoms with Gasteiger partial charge in [0.25, 0.3) is 0 Å². The van der Waals surface area contributed by atoms with Crippen LogP contribution in [0.5, 0.6) is 0 Å². The van der Waals surface area contributed by atoms with E-state index in [9.17, 15) is 4.79 Å². The van der Waals surface area contributed by atoms with Gasteiger partial charge in [-0.25, -0.2) is 0 Å². The number of furan rings is 1. The summed E-state index contributed by atoms with van der Waals surface area (Å²) in [5, 5.41) is 0. The zero-order chi connectivity index (χ0) is 8.81. The number of carbonyl (C=O) groups is 1. The highest BCUT2D eigenvalue weighted by atomic mass is 16.3. The number of terminal acetylenes is 1. The molecule has 0 aliphatic carbocycles. The second kappa shape index (κ2) is 4.40. The van der Waals surface area contributed by atoms with Crippen molar-refractivity contribution < 1.29 is 9.21 Å². The van der Waals surface area contributed by atoms with Crippen LogP contribution in [-0.2, 0) is 11.2 Å². The van der Waals surface area contributed by atoms with Gasteiger partial charge < -0.3 is 4.42 Å². The summed E-state index contributed by atoms with van der Waals surface area (Å²) < 4.78 is 5.06. The Morgan fingerprint density at radius 1 is 1.67 bits per heavy atom. The maximum Gasteiger partial charge on any atom is 0.145 e. The molecule has 2 heteroatoms. The SMILES string of the molecule is C#CCC(=O)CCc1ccco1. The van der Waals surface area contributed by atoms with Gasteiger partial charge in [0.1, 0.15) is 11.5 Å². The molecule has 0 amide bonds. The van der Waals surface area contributed by atoms with Crippen LogP contribution in [-0.4, -0.2) is 5.78 Å². The fraction of sp³-hybridized carbons (Fsp3) is 0.300. The number of Topliss-reactive ketones (excluding diaryl/α,β-unsaturated/α-hetero) is 1. The Morgan fingerprint density at radius 3 is 3.08 bits per heavy atom. The minimum atomic E-state index is 0.0916. The molecule has 0 atom stereocenters. The first-order valence-electron chi connectivity index (χ1n) is 3.80. The van der Waals surface area contributed by atoms with Gasteiger partial charge in [-0.15, -0.1) is 6.42 Å². The zero-order valence-corrected chi connectivity index (χ0v) is 6.75. The lowest BCUT2D eigenvalue weighted by atomic mass is 10.1. The van der Waals surface area contributed by atoms with E-state index in [4.69, 9.17) is 10.8 Å². The Balaban J connectivity index is 2.28. The molecule has 0 unspecified atom stereocenters. The molecule has 0 spiro atoms. The highest BCUT2D eigenvalue weighted by Gasteiger charge is 2.01. The Hall–Kier alpha value is -1.49. The highest BCUT2D eigenvalue weighted by molar-refractivity contribution is 5.80. The number of ketones is 1. The van der Waals surface area contributed by atoms with Crippen molar-refractivity contribution >= 4 is 5.78 Å². The fourth-order valence-electron chi connectivity index (χ4n) is 0.920. The van der Waals surface area contributed by atoms with Gasteiger partial charge in [0.2, 0.25) is 0 Å². The van der Waals surface area contributed by atoms with E-state index in [2.05, 4.69) is 5.92 Å². The van der Waals surface area contributed by atoms with Gasteiger partial charge in [0.05, 0.1) is 12.7 Å². The summed E-state index contributed by atoms with van der Waals surface area (Å²) in [7, 11) is 0. The molecule has 12 heavy (non-hydrogen) atoms. The zero-order valence-electron chi connectivity index (χ0n) is 6.75. The van der Waals surface area contributed by atoms with Crippen LogP contribution < -0.4 is 0 Å². The average Bonchev–Trinajstić information content (AvgIpc) is 2.53. The largest absolute Gasteiger partial charge is 0.469 e. The third-order valence-corrected chi connectivity index (χ3v) is 1.53. The summed E-state index contributed by atoms with van der Waals surface area (Å²) in [5.74, 6) is 3.24. The summed E-state index contributed by atoms with van der Waals surface area (Å²) in [6, 6.07) is 3.66. The second-order valence-corrected chi connectivity index (χ2v) is 2.50. The van der Waals surface area contributed by atoms with Gasteiger partial charge in [0, 0.05) is 12.8 Å². The molecule has 1 rings (SSSR count). The molecule has 0 fully saturated rings. The number of aryl methyl sites for hydroxylation is 1. The van der Waals surface area contributed by atoms with Crippen molar-refractivity contribution in [1.29, 1.82) is 0 Å². The van der Waals surface area contributed by atoms with E-state index in [0.717, 1.165) is 5.76 Å². The lowest BCUT2D eigenvalue weighted by molar-refractivity contribution is -0.118. The van der Waals surface area contributed by atoms with Crippen molar-refractivity contribution in [1.82, 2.24) is 0 Å². The lowest BCUT2D eigenvalue weighted by Gasteiger charge is -1.93. The summed E-state index contributed by atoms with van der Waals surface area (Å²) in [6.07, 6.45) is 7.92. The molecule has 0 saturated carbocycles. The molecule has 0 N–H and O–H groups in total. The number of hydrogen-bond donors (Lipinski definition) is 0. The van der Waals surface area contributed by atoms with Crippen LogP contribution in [0.2, 0.25) is 0 Å². The average molecular weight is 162 g/mol. The summed E-state index contributed by atoms with van der Waals surface area (Å²) in [4.78, 5) is 11.0. The van der Waals surface area contributed by atoms with E-state index < -0.39 is 0 Å². The van der Waals surface area contributed by atoms with Gasteiger partial charge in [-0.3, -0.25) is 4.79 Å². The molecule has 62 valence electrons. The summed E-state index contributed by atoms with van der Waals surface area (Å²) in [5.41, 5.74) is 0. The first-order chi connectivity index (χ1) is 5.83. The molecular formula is C10H10O2. The third kappa shape index (κ3) is 2.63. The lowest BCUT2D eigenvalue weighted by Crippen LogP contribution is -1.97. The Kier molecular flexibility index (Phi) is 3.16. The molecule has 1 aromatic rings.